The number of hydrogen-bond donors (Lipinski definition) is 0. The van der Waals surface area contributed by atoms with Gasteiger partial charge >= 0.3 is 0 Å². The van der Waals surface area contributed by atoms with Gasteiger partial charge in [0.1, 0.15) is 0 Å². The van der Waals surface area contributed by atoms with Gasteiger partial charge in [-0.3, -0.25) is 0 Å². The van der Waals surface area contributed by atoms with Gasteiger partial charge in [0.15, 0.2) is 0 Å². The Kier molecular flexibility index (Phi) is 3.23. The van der Waals surface area contributed by atoms with Crippen molar-refractivity contribution in [1.29, 1.82) is 0 Å². The van der Waals surface area contributed by atoms with E-state index >= 15 is 0 Å². The molecule has 0 heteroatoms. The second kappa shape index (κ2) is 5.69. The molecule has 0 spiro atoms. The van der Waals surface area contributed by atoms with Crippen molar-refractivity contribution in [3.05, 3.63) is 117 Å². The van der Waals surface area contributed by atoms with Crippen LogP contribution in [0, 0.1) is 0 Å². The van der Waals surface area contributed by atoms with Gasteiger partial charge in [-0.1, -0.05) is 60.7 Å². The minimum Gasteiger partial charge on any atom is -0.0798 e. The van der Waals surface area contributed by atoms with Crippen molar-refractivity contribution < 1.29 is 0 Å². The molecular formula is C28H22. The summed E-state index contributed by atoms with van der Waals surface area (Å²) in [5.74, 6) is 0.701. The van der Waals surface area contributed by atoms with Crippen molar-refractivity contribution >= 4 is 22.9 Å². The van der Waals surface area contributed by atoms with Gasteiger partial charge in [0.25, 0.3) is 0 Å². The van der Waals surface area contributed by atoms with E-state index in [1.54, 1.807) is 0 Å². The summed E-state index contributed by atoms with van der Waals surface area (Å²) in [6.07, 6.45) is 4.43. The third kappa shape index (κ3) is 1.95. The molecule has 0 radical (unpaired) electrons. The molecule has 0 unspecified atom stereocenters. The molecule has 0 heterocycles. The lowest BCUT2D eigenvalue weighted by molar-refractivity contribution is 0.756. The number of fused-ring (bicyclic) bond motifs is 1. The Morgan fingerprint density at radius 2 is 0.857 bits per heavy atom. The minimum atomic E-state index is 0.350. The lowest BCUT2D eigenvalue weighted by Crippen LogP contribution is -2.28. The van der Waals surface area contributed by atoms with Gasteiger partial charge in [0.05, 0.1) is 0 Å². The number of rotatable bonds is 0. The predicted octanol–water partition coefficient (Wildman–Crippen LogP) is 5.43. The van der Waals surface area contributed by atoms with Crippen molar-refractivity contribution in [3.8, 4) is 0 Å². The lowest BCUT2D eigenvalue weighted by atomic mass is 9.61. The molecule has 4 aromatic rings. The second-order valence-electron chi connectivity index (χ2n) is 8.01. The van der Waals surface area contributed by atoms with E-state index in [9.17, 15) is 0 Å². The molecule has 0 aromatic heterocycles. The Balaban J connectivity index is 1.73. The lowest BCUT2D eigenvalue weighted by Gasteiger charge is -2.42. The zero-order valence-corrected chi connectivity index (χ0v) is 16.2. The van der Waals surface area contributed by atoms with Crippen molar-refractivity contribution in [2.24, 2.45) is 0 Å². The SMILES string of the molecule is CC=c1cc2cc3c(cc2cc1=CC)C1c2ccccc2C3c2ccccc21. The van der Waals surface area contributed by atoms with Crippen LogP contribution in [-0.2, 0) is 0 Å². The Morgan fingerprint density at radius 1 is 0.500 bits per heavy atom. The second-order valence-corrected chi connectivity index (χ2v) is 8.01. The molecule has 28 heavy (non-hydrogen) atoms. The van der Waals surface area contributed by atoms with Crippen LogP contribution in [0.3, 0.4) is 0 Å². The molecule has 0 N–H and O–H groups in total. The van der Waals surface area contributed by atoms with Crippen LogP contribution in [0.1, 0.15) is 59.1 Å². The van der Waals surface area contributed by atoms with Crippen LogP contribution < -0.4 is 10.4 Å². The average molecular weight is 358 g/mol. The summed E-state index contributed by atoms with van der Waals surface area (Å²) in [6.45, 7) is 4.25. The predicted molar refractivity (Wildman–Crippen MR) is 118 cm³/mol. The third-order valence-electron chi connectivity index (χ3n) is 6.72. The molecule has 134 valence electrons. The summed E-state index contributed by atoms with van der Waals surface area (Å²) in [6, 6.07) is 27.7. The van der Waals surface area contributed by atoms with Crippen molar-refractivity contribution in [2.75, 3.05) is 0 Å². The van der Waals surface area contributed by atoms with Crippen LogP contribution in [0.4, 0.5) is 0 Å². The van der Waals surface area contributed by atoms with Gasteiger partial charge in [-0.05, 0) is 92.7 Å². The van der Waals surface area contributed by atoms with Gasteiger partial charge in [0, 0.05) is 11.8 Å². The fraction of sp³-hybridized carbons (Fsp3) is 0.143. The van der Waals surface area contributed by atoms with Crippen LogP contribution in [0.5, 0.6) is 0 Å². The highest BCUT2D eigenvalue weighted by atomic mass is 14.4. The Bertz CT molecular complexity index is 1230. The smallest absolute Gasteiger partial charge is 0.0349 e. The first-order valence-electron chi connectivity index (χ1n) is 10.2. The van der Waals surface area contributed by atoms with E-state index in [0.717, 1.165) is 0 Å². The quantitative estimate of drug-likeness (QED) is 0.340. The maximum atomic E-state index is 2.46. The third-order valence-corrected chi connectivity index (χ3v) is 6.72. The number of hydrogen-bond acceptors (Lipinski definition) is 0. The molecule has 0 saturated carbocycles. The molecule has 4 aromatic carbocycles. The summed E-state index contributed by atoms with van der Waals surface area (Å²) < 4.78 is 0. The molecule has 2 bridgehead atoms. The van der Waals surface area contributed by atoms with Gasteiger partial charge in [0.2, 0.25) is 0 Å². The Labute approximate surface area is 165 Å². The first-order valence-corrected chi connectivity index (χ1v) is 10.2. The fourth-order valence-electron chi connectivity index (χ4n) is 5.50. The summed E-state index contributed by atoms with van der Waals surface area (Å²) in [5, 5.41) is 5.33. The summed E-state index contributed by atoms with van der Waals surface area (Å²) in [5.41, 5.74) is 8.92. The molecule has 0 nitrogen and oxygen atoms in total. The Hall–Kier alpha value is -3.12. The molecule has 3 aliphatic carbocycles. The zero-order chi connectivity index (χ0) is 18.8. The first-order chi connectivity index (χ1) is 13.8. The highest BCUT2D eigenvalue weighted by Gasteiger charge is 2.40. The molecular weight excluding hydrogens is 336 g/mol. The van der Waals surface area contributed by atoms with Crippen molar-refractivity contribution in [1.82, 2.24) is 0 Å². The number of benzene rings is 4. The van der Waals surface area contributed by atoms with Crippen LogP contribution in [0.25, 0.3) is 22.9 Å². The molecule has 3 aliphatic rings. The first kappa shape index (κ1) is 15.9. The van der Waals surface area contributed by atoms with Crippen LogP contribution in [0.2, 0.25) is 0 Å². The van der Waals surface area contributed by atoms with E-state index in [2.05, 4.69) is 98.8 Å². The van der Waals surface area contributed by atoms with Crippen molar-refractivity contribution in [3.63, 3.8) is 0 Å². The zero-order valence-electron chi connectivity index (χ0n) is 16.2. The van der Waals surface area contributed by atoms with E-state index in [4.69, 9.17) is 0 Å². The van der Waals surface area contributed by atoms with E-state index in [0.29, 0.717) is 11.8 Å². The summed E-state index contributed by atoms with van der Waals surface area (Å²) >= 11 is 0. The van der Waals surface area contributed by atoms with Crippen molar-refractivity contribution in [2.45, 2.75) is 25.7 Å². The normalized spacial score (nSPS) is 20.2. The summed E-state index contributed by atoms with van der Waals surface area (Å²) in [7, 11) is 0. The average Bonchev–Trinajstić information content (AvgIpc) is 2.76. The highest BCUT2D eigenvalue weighted by Crippen LogP contribution is 2.55. The van der Waals surface area contributed by atoms with Gasteiger partial charge in [-0.15, -0.1) is 0 Å². The van der Waals surface area contributed by atoms with Gasteiger partial charge in [-0.25, -0.2) is 0 Å². The monoisotopic (exact) mass is 358 g/mol. The van der Waals surface area contributed by atoms with E-state index in [-0.39, 0.29) is 0 Å². The van der Waals surface area contributed by atoms with E-state index in [1.165, 1.54) is 54.6 Å². The fourth-order valence-corrected chi connectivity index (χ4v) is 5.50. The molecule has 7 rings (SSSR count). The minimum absolute atomic E-state index is 0.350. The molecule has 0 aliphatic heterocycles. The summed E-state index contributed by atoms with van der Waals surface area (Å²) in [4.78, 5) is 0. The molecule has 0 fully saturated rings. The standard InChI is InChI=1S/C28H22/c1-3-17-13-19-15-25-26(16-20(19)14-18(17)4-2)28-23-11-7-5-9-21(23)27(25)22-10-6-8-12-24(22)28/h3-16,27-28H,1-2H3. The van der Waals surface area contributed by atoms with Gasteiger partial charge in [-0.2, -0.15) is 0 Å². The molecule has 0 atom stereocenters. The van der Waals surface area contributed by atoms with E-state index < -0.39 is 0 Å². The largest absolute Gasteiger partial charge is 0.0798 e. The van der Waals surface area contributed by atoms with E-state index in [1.807, 2.05) is 0 Å². The molecule has 0 amide bonds. The molecule has 0 saturated heterocycles. The Morgan fingerprint density at radius 3 is 1.18 bits per heavy atom. The van der Waals surface area contributed by atoms with Crippen LogP contribution in [0.15, 0.2) is 72.8 Å². The topological polar surface area (TPSA) is 0 Å². The highest BCUT2D eigenvalue weighted by molar-refractivity contribution is 5.87. The maximum absolute atomic E-state index is 2.46. The van der Waals surface area contributed by atoms with Crippen LogP contribution in [-0.4, -0.2) is 0 Å². The maximum Gasteiger partial charge on any atom is 0.0349 e. The van der Waals surface area contributed by atoms with Gasteiger partial charge < -0.3 is 0 Å². The van der Waals surface area contributed by atoms with Crippen LogP contribution >= 0.6 is 0 Å².